The summed E-state index contributed by atoms with van der Waals surface area (Å²) in [5, 5.41) is 0.101. The number of hydrogen-bond donors (Lipinski definition) is 0. The van der Waals surface area contributed by atoms with Gasteiger partial charge in [0.15, 0.2) is 0 Å². The largest absolute Gasteiger partial charge is 0.328 e. The van der Waals surface area contributed by atoms with Crippen LogP contribution in [0.1, 0.15) is 18.1 Å². The quantitative estimate of drug-likeness (QED) is 0.778. The van der Waals surface area contributed by atoms with Gasteiger partial charge in [0.1, 0.15) is 6.04 Å². The topological polar surface area (TPSA) is 40.6 Å². The lowest BCUT2D eigenvalue weighted by molar-refractivity contribution is -0.128. The normalized spacial score (nSPS) is 26.2. The van der Waals surface area contributed by atoms with Gasteiger partial charge in [-0.05, 0) is 19.4 Å². The zero-order valence-electron chi connectivity index (χ0n) is 11.0. The Bertz CT molecular complexity index is 529. The van der Waals surface area contributed by atoms with Crippen LogP contribution in [-0.4, -0.2) is 38.9 Å². The number of rotatable bonds is 2. The van der Waals surface area contributed by atoms with Gasteiger partial charge in [-0.15, -0.1) is 11.8 Å². The van der Waals surface area contributed by atoms with Crippen LogP contribution in [-0.2, 0) is 11.3 Å². The van der Waals surface area contributed by atoms with Gasteiger partial charge in [-0.1, -0.05) is 29.8 Å². The molecule has 1 unspecified atom stereocenters. The monoisotopic (exact) mass is 276 g/mol. The number of nitrogens with zero attached hydrogens (tertiary/aromatic N) is 2. The summed E-state index contributed by atoms with van der Waals surface area (Å²) in [6, 6.07) is 7.54. The van der Waals surface area contributed by atoms with Crippen molar-refractivity contribution in [2.75, 3.05) is 5.75 Å². The van der Waals surface area contributed by atoms with Gasteiger partial charge in [-0.2, -0.15) is 0 Å². The van der Waals surface area contributed by atoms with Crippen molar-refractivity contribution < 1.29 is 9.59 Å². The van der Waals surface area contributed by atoms with Crippen LogP contribution in [0.5, 0.6) is 0 Å². The van der Waals surface area contributed by atoms with E-state index in [0.717, 1.165) is 11.3 Å². The second kappa shape index (κ2) is 4.56. The van der Waals surface area contributed by atoms with Crippen molar-refractivity contribution in [1.29, 1.82) is 0 Å². The van der Waals surface area contributed by atoms with Crippen LogP contribution >= 0.6 is 11.8 Å². The molecule has 2 saturated heterocycles. The number of benzene rings is 1. The first-order chi connectivity index (χ1) is 9.08. The zero-order chi connectivity index (χ0) is 13.6. The second-order valence-corrected chi connectivity index (χ2v) is 6.40. The van der Waals surface area contributed by atoms with E-state index in [0.29, 0.717) is 6.54 Å². The van der Waals surface area contributed by atoms with E-state index in [1.807, 2.05) is 38.1 Å². The summed E-state index contributed by atoms with van der Waals surface area (Å²) < 4.78 is 0. The highest BCUT2D eigenvalue weighted by Gasteiger charge is 2.50. The first-order valence-electron chi connectivity index (χ1n) is 6.39. The lowest BCUT2D eigenvalue weighted by atomic mass is 10.1. The molecule has 1 aromatic rings. The molecule has 0 spiro atoms. The Morgan fingerprint density at radius 3 is 2.58 bits per heavy atom. The third kappa shape index (κ3) is 2.02. The molecule has 3 amide bonds. The third-order valence-corrected chi connectivity index (χ3v) is 4.90. The summed E-state index contributed by atoms with van der Waals surface area (Å²) in [6.07, 6.45) is 0. The lowest BCUT2D eigenvalue weighted by Gasteiger charge is -2.19. The van der Waals surface area contributed by atoms with E-state index in [9.17, 15) is 9.59 Å². The lowest BCUT2D eigenvalue weighted by Crippen LogP contribution is -2.35. The predicted octanol–water partition coefficient (Wildman–Crippen LogP) is 2.22. The fourth-order valence-corrected chi connectivity index (χ4v) is 3.72. The average Bonchev–Trinajstić information content (AvgIpc) is 2.88. The van der Waals surface area contributed by atoms with Crippen LogP contribution in [0, 0.1) is 6.92 Å². The maximum atomic E-state index is 12.3. The molecule has 0 N–H and O–H groups in total. The molecular weight excluding hydrogens is 260 g/mol. The Kier molecular flexibility index (Phi) is 3.01. The molecule has 2 fully saturated rings. The van der Waals surface area contributed by atoms with Crippen molar-refractivity contribution in [3.63, 3.8) is 0 Å². The van der Waals surface area contributed by atoms with E-state index in [-0.39, 0.29) is 23.4 Å². The van der Waals surface area contributed by atoms with Crippen LogP contribution in [0.4, 0.5) is 4.79 Å². The van der Waals surface area contributed by atoms with E-state index in [2.05, 4.69) is 0 Å². The van der Waals surface area contributed by atoms with Crippen LogP contribution < -0.4 is 0 Å². The summed E-state index contributed by atoms with van der Waals surface area (Å²) in [7, 11) is 0. The van der Waals surface area contributed by atoms with Crippen LogP contribution in [0.2, 0.25) is 0 Å². The van der Waals surface area contributed by atoms with Gasteiger partial charge < -0.3 is 0 Å². The van der Waals surface area contributed by atoms with Gasteiger partial charge in [0.05, 0.1) is 11.9 Å². The molecule has 2 heterocycles. The molecule has 3 rings (SSSR count). The molecule has 100 valence electrons. The number of fused-ring (bicyclic) bond motifs is 1. The smallest absolute Gasteiger partial charge is 0.300 e. The van der Waals surface area contributed by atoms with Crippen molar-refractivity contribution in [3.8, 4) is 0 Å². The number of thioether (sulfide) groups is 1. The Morgan fingerprint density at radius 2 is 1.95 bits per heavy atom. The van der Waals surface area contributed by atoms with Gasteiger partial charge >= 0.3 is 6.03 Å². The fraction of sp³-hybridized carbons (Fsp3) is 0.429. The number of urea groups is 1. The van der Waals surface area contributed by atoms with E-state index >= 15 is 0 Å². The second-order valence-electron chi connectivity index (χ2n) is 5.05. The van der Waals surface area contributed by atoms with Crippen molar-refractivity contribution in [3.05, 3.63) is 35.4 Å². The molecule has 4 nitrogen and oxygen atoms in total. The predicted molar refractivity (Wildman–Crippen MR) is 74.7 cm³/mol. The highest BCUT2D eigenvalue weighted by molar-refractivity contribution is 8.00. The van der Waals surface area contributed by atoms with Crippen molar-refractivity contribution in [2.24, 2.45) is 0 Å². The standard InChI is InChI=1S/C14H16N2O2S/c1-9-3-5-11(6-4-9)7-15-13(17)12-8-19-10(2)16(12)14(15)18/h3-6,10,12H,7-8H2,1-2H3/t10?,12-/m0/s1. The van der Waals surface area contributed by atoms with E-state index in [1.54, 1.807) is 16.7 Å². The number of carbonyl (C=O) groups is 2. The molecule has 0 aromatic heterocycles. The average molecular weight is 276 g/mol. The minimum Gasteiger partial charge on any atom is -0.300 e. The number of aryl methyl sites for hydroxylation is 1. The molecule has 0 bridgehead atoms. The SMILES string of the molecule is Cc1ccc(CN2C(=O)[C@@H]3CSC(C)N3C2=O)cc1. The first kappa shape index (κ1) is 12.5. The maximum Gasteiger partial charge on any atom is 0.328 e. The molecule has 2 atom stereocenters. The molecular formula is C14H16N2O2S. The van der Waals surface area contributed by atoms with Crippen LogP contribution in [0.25, 0.3) is 0 Å². The van der Waals surface area contributed by atoms with Crippen molar-refractivity contribution >= 4 is 23.7 Å². The molecule has 2 aliphatic heterocycles. The van der Waals surface area contributed by atoms with Gasteiger partial charge in [0.2, 0.25) is 0 Å². The molecule has 0 saturated carbocycles. The highest BCUT2D eigenvalue weighted by Crippen LogP contribution is 2.35. The molecule has 0 radical (unpaired) electrons. The van der Waals surface area contributed by atoms with Crippen LogP contribution in [0.15, 0.2) is 24.3 Å². The minimum absolute atomic E-state index is 0.0533. The molecule has 5 heteroatoms. The van der Waals surface area contributed by atoms with Gasteiger partial charge in [0, 0.05) is 5.75 Å². The molecule has 2 aliphatic rings. The summed E-state index contributed by atoms with van der Waals surface area (Å²) in [4.78, 5) is 27.7. The van der Waals surface area contributed by atoms with E-state index < -0.39 is 0 Å². The summed E-state index contributed by atoms with van der Waals surface area (Å²) >= 11 is 1.66. The number of amides is 3. The fourth-order valence-electron chi connectivity index (χ4n) is 2.56. The Hall–Kier alpha value is -1.49. The molecule has 1 aromatic carbocycles. The Morgan fingerprint density at radius 1 is 1.26 bits per heavy atom. The van der Waals surface area contributed by atoms with E-state index in [4.69, 9.17) is 0 Å². The van der Waals surface area contributed by atoms with Gasteiger partial charge in [0.25, 0.3) is 5.91 Å². The van der Waals surface area contributed by atoms with E-state index in [1.165, 1.54) is 10.5 Å². The van der Waals surface area contributed by atoms with Crippen LogP contribution in [0.3, 0.4) is 0 Å². The summed E-state index contributed by atoms with van der Waals surface area (Å²) in [6.45, 7) is 4.37. The molecule has 19 heavy (non-hydrogen) atoms. The zero-order valence-corrected chi connectivity index (χ0v) is 11.8. The molecule has 0 aliphatic carbocycles. The first-order valence-corrected chi connectivity index (χ1v) is 7.43. The summed E-state index contributed by atoms with van der Waals surface area (Å²) in [5.74, 6) is 0.665. The van der Waals surface area contributed by atoms with Gasteiger partial charge in [-0.25, -0.2) is 4.79 Å². The number of carbonyl (C=O) groups excluding carboxylic acids is 2. The summed E-state index contributed by atoms with van der Waals surface area (Å²) in [5.41, 5.74) is 2.17. The van der Waals surface area contributed by atoms with Gasteiger partial charge in [-0.3, -0.25) is 14.6 Å². The van der Waals surface area contributed by atoms with Crippen molar-refractivity contribution in [1.82, 2.24) is 9.80 Å². The maximum absolute atomic E-state index is 12.3. The Labute approximate surface area is 116 Å². The number of imide groups is 1. The van der Waals surface area contributed by atoms with Crippen molar-refractivity contribution in [2.45, 2.75) is 31.8 Å². The minimum atomic E-state index is -0.252. The highest BCUT2D eigenvalue weighted by atomic mass is 32.2. The number of hydrogen-bond acceptors (Lipinski definition) is 3. The third-order valence-electron chi connectivity index (χ3n) is 3.69. The Balaban J connectivity index is 1.80.